The van der Waals surface area contributed by atoms with E-state index in [9.17, 15) is 4.79 Å². The SMILES string of the molecule is COc1cc2nccc(Oc3ccc(CC(=O)Cc4ccccc4)cn3)c2cc1OC. The quantitative estimate of drug-likeness (QED) is 0.413. The third-order valence-corrected chi connectivity index (χ3v) is 4.86. The van der Waals surface area contributed by atoms with E-state index in [2.05, 4.69) is 9.97 Å². The van der Waals surface area contributed by atoms with Gasteiger partial charge >= 0.3 is 0 Å². The third-order valence-electron chi connectivity index (χ3n) is 4.86. The Balaban J connectivity index is 1.49. The summed E-state index contributed by atoms with van der Waals surface area (Å²) in [5, 5.41) is 0.782. The number of Topliss-reactive ketones (excluding diaryl/α,β-unsaturated/α-hetero) is 1. The second kappa shape index (κ2) is 9.26. The summed E-state index contributed by atoms with van der Waals surface area (Å²) in [6, 6.07) is 18.7. The topological polar surface area (TPSA) is 70.5 Å². The second-order valence-electron chi connectivity index (χ2n) is 7.02. The minimum Gasteiger partial charge on any atom is -0.493 e. The van der Waals surface area contributed by atoms with Crippen LogP contribution in [0.5, 0.6) is 23.1 Å². The first-order valence-corrected chi connectivity index (χ1v) is 9.85. The molecule has 4 aromatic rings. The number of benzene rings is 2. The van der Waals surface area contributed by atoms with Crippen molar-refractivity contribution >= 4 is 16.7 Å². The number of ether oxygens (including phenoxy) is 3. The third kappa shape index (κ3) is 4.80. The Hall–Kier alpha value is -3.93. The summed E-state index contributed by atoms with van der Waals surface area (Å²) in [6.45, 7) is 0. The molecule has 0 spiro atoms. The molecule has 0 aliphatic rings. The van der Waals surface area contributed by atoms with E-state index in [1.165, 1.54) is 0 Å². The average Bonchev–Trinajstić information content (AvgIpc) is 2.80. The number of ketones is 1. The summed E-state index contributed by atoms with van der Waals surface area (Å²) in [7, 11) is 3.17. The number of hydrogen-bond donors (Lipinski definition) is 0. The monoisotopic (exact) mass is 414 g/mol. The lowest BCUT2D eigenvalue weighted by molar-refractivity contribution is -0.117. The van der Waals surface area contributed by atoms with Crippen LogP contribution in [0.2, 0.25) is 0 Å². The van der Waals surface area contributed by atoms with Crippen LogP contribution >= 0.6 is 0 Å². The van der Waals surface area contributed by atoms with Crippen molar-refractivity contribution in [1.82, 2.24) is 9.97 Å². The van der Waals surface area contributed by atoms with E-state index >= 15 is 0 Å². The van der Waals surface area contributed by atoms with Gasteiger partial charge in [0.05, 0.1) is 19.7 Å². The van der Waals surface area contributed by atoms with E-state index in [0.717, 1.165) is 22.0 Å². The first kappa shape index (κ1) is 20.3. The van der Waals surface area contributed by atoms with E-state index in [1.807, 2.05) is 42.5 Å². The fourth-order valence-electron chi connectivity index (χ4n) is 3.34. The number of fused-ring (bicyclic) bond motifs is 1. The van der Waals surface area contributed by atoms with Crippen LogP contribution in [0.25, 0.3) is 10.9 Å². The summed E-state index contributed by atoms with van der Waals surface area (Å²) >= 11 is 0. The van der Waals surface area contributed by atoms with Crippen molar-refractivity contribution in [2.75, 3.05) is 14.2 Å². The minimum absolute atomic E-state index is 0.142. The first-order valence-electron chi connectivity index (χ1n) is 9.85. The fraction of sp³-hybridized carbons (Fsp3) is 0.160. The molecule has 0 amide bonds. The largest absolute Gasteiger partial charge is 0.493 e. The fourth-order valence-corrected chi connectivity index (χ4v) is 3.34. The van der Waals surface area contributed by atoms with Crippen molar-refractivity contribution in [3.63, 3.8) is 0 Å². The lowest BCUT2D eigenvalue weighted by Crippen LogP contribution is -2.06. The highest BCUT2D eigenvalue weighted by molar-refractivity contribution is 5.88. The molecule has 0 saturated carbocycles. The molecule has 4 rings (SSSR count). The lowest BCUT2D eigenvalue weighted by atomic mass is 10.0. The first-order chi connectivity index (χ1) is 15.2. The Labute approximate surface area is 180 Å². The molecule has 0 aliphatic carbocycles. The molecular formula is C25H22N2O4. The number of hydrogen-bond acceptors (Lipinski definition) is 6. The number of carbonyl (C=O) groups excluding carboxylic acids is 1. The maximum atomic E-state index is 12.3. The molecule has 0 aliphatic heterocycles. The molecule has 6 nitrogen and oxygen atoms in total. The van der Waals surface area contributed by atoms with E-state index in [1.54, 1.807) is 44.8 Å². The summed E-state index contributed by atoms with van der Waals surface area (Å²) in [4.78, 5) is 21.1. The Morgan fingerprint density at radius 2 is 1.55 bits per heavy atom. The molecular weight excluding hydrogens is 392 g/mol. The van der Waals surface area contributed by atoms with E-state index < -0.39 is 0 Å². The Kier molecular flexibility index (Phi) is 6.08. The van der Waals surface area contributed by atoms with Gasteiger partial charge in [0, 0.05) is 42.8 Å². The predicted octanol–water partition coefficient (Wildman–Crippen LogP) is 4.79. The smallest absolute Gasteiger partial charge is 0.219 e. The van der Waals surface area contributed by atoms with E-state index in [-0.39, 0.29) is 5.78 Å². The summed E-state index contributed by atoms with van der Waals surface area (Å²) in [6.07, 6.45) is 4.08. The van der Waals surface area contributed by atoms with Crippen molar-refractivity contribution in [2.45, 2.75) is 12.8 Å². The zero-order chi connectivity index (χ0) is 21.6. The maximum Gasteiger partial charge on any atom is 0.219 e. The summed E-state index contributed by atoms with van der Waals surface area (Å²) in [5.41, 5.74) is 2.58. The molecule has 0 atom stereocenters. The van der Waals surface area contributed by atoms with Gasteiger partial charge in [-0.25, -0.2) is 4.98 Å². The Morgan fingerprint density at radius 3 is 2.26 bits per heavy atom. The molecule has 6 heteroatoms. The molecule has 31 heavy (non-hydrogen) atoms. The van der Waals surface area contributed by atoms with E-state index in [0.29, 0.717) is 36.0 Å². The zero-order valence-electron chi connectivity index (χ0n) is 17.4. The van der Waals surface area contributed by atoms with Crippen LogP contribution in [-0.2, 0) is 17.6 Å². The number of pyridine rings is 2. The maximum absolute atomic E-state index is 12.3. The zero-order valence-corrected chi connectivity index (χ0v) is 17.4. The molecule has 0 unspecified atom stereocenters. The van der Waals surface area contributed by atoms with Crippen LogP contribution < -0.4 is 14.2 Å². The van der Waals surface area contributed by atoms with Gasteiger partial charge in [-0.05, 0) is 23.3 Å². The molecule has 2 heterocycles. The van der Waals surface area contributed by atoms with Gasteiger partial charge in [0.2, 0.25) is 5.88 Å². The normalized spacial score (nSPS) is 10.6. The van der Waals surface area contributed by atoms with Crippen molar-refractivity contribution < 1.29 is 19.0 Å². The van der Waals surface area contributed by atoms with Crippen molar-refractivity contribution in [3.8, 4) is 23.1 Å². The van der Waals surface area contributed by atoms with Crippen molar-refractivity contribution in [1.29, 1.82) is 0 Å². The van der Waals surface area contributed by atoms with Gasteiger partial charge < -0.3 is 14.2 Å². The number of aromatic nitrogens is 2. The van der Waals surface area contributed by atoms with Crippen LogP contribution in [0.15, 0.2) is 73.1 Å². The molecule has 0 bridgehead atoms. The van der Waals surface area contributed by atoms with Crippen molar-refractivity contribution in [3.05, 3.63) is 84.2 Å². The van der Waals surface area contributed by atoms with Gasteiger partial charge in [0.1, 0.15) is 11.5 Å². The highest BCUT2D eigenvalue weighted by Gasteiger charge is 2.12. The van der Waals surface area contributed by atoms with Gasteiger partial charge in [-0.15, -0.1) is 0 Å². The molecule has 0 N–H and O–H groups in total. The molecule has 2 aromatic heterocycles. The predicted molar refractivity (Wildman–Crippen MR) is 118 cm³/mol. The lowest BCUT2D eigenvalue weighted by Gasteiger charge is -2.12. The Morgan fingerprint density at radius 1 is 0.806 bits per heavy atom. The van der Waals surface area contributed by atoms with Crippen molar-refractivity contribution in [2.24, 2.45) is 0 Å². The van der Waals surface area contributed by atoms with Crippen LogP contribution in [-0.4, -0.2) is 30.0 Å². The highest BCUT2D eigenvalue weighted by atomic mass is 16.5. The average molecular weight is 414 g/mol. The number of nitrogens with zero attached hydrogens (tertiary/aromatic N) is 2. The molecule has 0 saturated heterocycles. The number of rotatable bonds is 8. The van der Waals surface area contributed by atoms with Gasteiger partial charge in [-0.3, -0.25) is 9.78 Å². The van der Waals surface area contributed by atoms with Gasteiger partial charge in [-0.2, -0.15) is 0 Å². The highest BCUT2D eigenvalue weighted by Crippen LogP contribution is 2.36. The Bertz CT molecular complexity index is 1190. The van der Waals surface area contributed by atoms with Gasteiger partial charge in [-0.1, -0.05) is 36.4 Å². The van der Waals surface area contributed by atoms with Crippen LogP contribution in [0.3, 0.4) is 0 Å². The number of methoxy groups -OCH3 is 2. The second-order valence-corrected chi connectivity index (χ2v) is 7.02. The number of carbonyl (C=O) groups is 1. The summed E-state index contributed by atoms with van der Waals surface area (Å²) < 4.78 is 16.7. The summed E-state index contributed by atoms with van der Waals surface area (Å²) in [5.74, 6) is 2.37. The van der Waals surface area contributed by atoms with E-state index in [4.69, 9.17) is 14.2 Å². The van der Waals surface area contributed by atoms with Crippen LogP contribution in [0.4, 0.5) is 0 Å². The molecule has 156 valence electrons. The van der Waals surface area contributed by atoms with Crippen LogP contribution in [0.1, 0.15) is 11.1 Å². The minimum atomic E-state index is 0.142. The molecule has 0 fully saturated rings. The van der Waals surface area contributed by atoms with Crippen LogP contribution in [0, 0.1) is 0 Å². The van der Waals surface area contributed by atoms with Gasteiger partial charge in [0.25, 0.3) is 0 Å². The van der Waals surface area contributed by atoms with Gasteiger partial charge in [0.15, 0.2) is 11.5 Å². The standard InChI is InChI=1S/C25H22N2O4/c1-29-23-14-20-21(15-24(23)30-2)26-11-10-22(20)31-25-9-8-18(16-27-25)13-19(28)12-17-6-4-3-5-7-17/h3-11,14-16H,12-13H2,1-2H3. The molecule has 2 aromatic carbocycles. The molecule has 0 radical (unpaired) electrons.